The van der Waals surface area contributed by atoms with Gasteiger partial charge < -0.3 is 15.5 Å². The molecule has 2 amide bonds. The number of carbonyl (C=O) groups is 2. The number of halogens is 4. The SMILES string of the molecule is O=C(NCC(=O)N1[C@@H](C2CCC(c3ccc(F)cn3)CC2)C[C@H]2NCC[C@H]21)c1cccc(C(F)(F)F)c1. The second kappa shape index (κ2) is 10.4. The van der Waals surface area contributed by atoms with Crippen LogP contribution in [0.5, 0.6) is 0 Å². The molecule has 0 spiro atoms. The summed E-state index contributed by atoms with van der Waals surface area (Å²) in [7, 11) is 0. The van der Waals surface area contributed by atoms with Gasteiger partial charge in [-0.3, -0.25) is 14.6 Å². The van der Waals surface area contributed by atoms with Crippen LogP contribution >= 0.6 is 0 Å². The monoisotopic (exact) mass is 518 g/mol. The van der Waals surface area contributed by atoms with Gasteiger partial charge >= 0.3 is 6.18 Å². The van der Waals surface area contributed by atoms with E-state index in [2.05, 4.69) is 15.6 Å². The third-order valence-electron chi connectivity index (χ3n) is 8.15. The van der Waals surface area contributed by atoms with Crippen molar-refractivity contribution in [2.75, 3.05) is 13.1 Å². The van der Waals surface area contributed by atoms with E-state index < -0.39 is 17.6 Å². The van der Waals surface area contributed by atoms with E-state index in [1.807, 2.05) is 4.90 Å². The topological polar surface area (TPSA) is 74.3 Å². The number of nitrogens with zero attached hydrogens (tertiary/aromatic N) is 2. The zero-order valence-corrected chi connectivity index (χ0v) is 20.3. The normalized spacial score (nSPS) is 27.7. The standard InChI is InChI=1S/C27H30F4N4O2/c28-20-8-9-21(33-14-20)16-4-6-17(7-5-16)24-13-22-23(10-11-32-22)35(24)25(36)15-34-26(37)18-2-1-3-19(12-18)27(29,30)31/h1-3,8-9,12,14,16-17,22-24,32H,4-7,10-11,13,15H2,(H,34,37)/t16?,17?,22-,23-,24-/m1/s1. The Hall–Kier alpha value is -3.01. The summed E-state index contributed by atoms with van der Waals surface area (Å²) in [6.07, 6.45) is 2.06. The van der Waals surface area contributed by atoms with Crippen LogP contribution in [0.2, 0.25) is 0 Å². The largest absolute Gasteiger partial charge is 0.416 e. The molecule has 1 aromatic heterocycles. The van der Waals surface area contributed by atoms with E-state index in [0.29, 0.717) is 5.92 Å². The van der Waals surface area contributed by atoms with Crippen molar-refractivity contribution in [1.82, 2.24) is 20.5 Å². The fourth-order valence-electron chi connectivity index (χ4n) is 6.35. The van der Waals surface area contributed by atoms with Crippen molar-refractivity contribution in [2.24, 2.45) is 5.92 Å². The Morgan fingerprint density at radius 2 is 1.84 bits per heavy atom. The van der Waals surface area contributed by atoms with Gasteiger partial charge in [-0.15, -0.1) is 0 Å². The molecular weight excluding hydrogens is 488 g/mol. The second-order valence-electron chi connectivity index (χ2n) is 10.3. The molecule has 1 aliphatic carbocycles. The number of benzene rings is 1. The number of hydrogen-bond donors (Lipinski definition) is 2. The summed E-state index contributed by atoms with van der Waals surface area (Å²) in [6.45, 7) is 0.565. The first-order valence-corrected chi connectivity index (χ1v) is 12.8. The zero-order valence-electron chi connectivity index (χ0n) is 20.3. The Morgan fingerprint density at radius 3 is 2.54 bits per heavy atom. The van der Waals surface area contributed by atoms with Crippen LogP contribution in [0.25, 0.3) is 0 Å². The van der Waals surface area contributed by atoms with Crippen molar-refractivity contribution in [1.29, 1.82) is 0 Å². The summed E-state index contributed by atoms with van der Waals surface area (Å²) in [5, 5.41) is 6.02. The fraction of sp³-hybridized carbons (Fsp3) is 0.519. The Morgan fingerprint density at radius 1 is 1.05 bits per heavy atom. The lowest BCUT2D eigenvalue weighted by Crippen LogP contribution is -2.49. The summed E-state index contributed by atoms with van der Waals surface area (Å²) in [6, 6.07) is 7.68. The van der Waals surface area contributed by atoms with Gasteiger partial charge in [-0.25, -0.2) is 4.39 Å². The molecule has 2 aliphatic heterocycles. The number of rotatable bonds is 5. The van der Waals surface area contributed by atoms with E-state index in [1.165, 1.54) is 24.4 Å². The van der Waals surface area contributed by atoms with Gasteiger partial charge in [0.1, 0.15) is 5.82 Å². The van der Waals surface area contributed by atoms with Crippen molar-refractivity contribution in [3.63, 3.8) is 0 Å². The minimum atomic E-state index is -4.55. The van der Waals surface area contributed by atoms with Crippen molar-refractivity contribution in [3.8, 4) is 0 Å². The number of nitrogens with one attached hydrogen (secondary N) is 2. The minimum Gasteiger partial charge on any atom is -0.343 e. The van der Waals surface area contributed by atoms with E-state index in [4.69, 9.17) is 0 Å². The molecule has 198 valence electrons. The molecule has 37 heavy (non-hydrogen) atoms. The Kier molecular flexibility index (Phi) is 7.20. The maximum atomic E-state index is 13.4. The van der Waals surface area contributed by atoms with Gasteiger partial charge in [0.15, 0.2) is 0 Å². The lowest BCUT2D eigenvalue weighted by atomic mass is 9.76. The third-order valence-corrected chi connectivity index (χ3v) is 8.15. The Balaban J connectivity index is 1.22. The molecule has 2 saturated heterocycles. The number of alkyl halides is 3. The summed E-state index contributed by atoms with van der Waals surface area (Å²) in [4.78, 5) is 32.1. The maximum absolute atomic E-state index is 13.4. The molecule has 3 heterocycles. The molecule has 2 aromatic rings. The Labute approximate surface area is 212 Å². The minimum absolute atomic E-state index is 0.0443. The van der Waals surface area contributed by atoms with Crippen LogP contribution < -0.4 is 10.6 Å². The molecule has 0 radical (unpaired) electrons. The van der Waals surface area contributed by atoms with E-state index in [0.717, 1.165) is 62.9 Å². The molecule has 0 unspecified atom stereocenters. The summed E-state index contributed by atoms with van der Waals surface area (Å²) in [5.41, 5.74) is -0.138. The van der Waals surface area contributed by atoms with Gasteiger partial charge in [-0.05, 0) is 81.3 Å². The van der Waals surface area contributed by atoms with E-state index in [1.54, 1.807) is 6.07 Å². The van der Waals surface area contributed by atoms with Crippen LogP contribution in [0.15, 0.2) is 42.6 Å². The summed E-state index contributed by atoms with van der Waals surface area (Å²) in [5.74, 6) is -0.678. The molecule has 10 heteroatoms. The summed E-state index contributed by atoms with van der Waals surface area (Å²) >= 11 is 0. The van der Waals surface area contributed by atoms with Gasteiger partial charge in [-0.2, -0.15) is 13.2 Å². The van der Waals surface area contributed by atoms with Gasteiger partial charge in [0.2, 0.25) is 5.91 Å². The van der Waals surface area contributed by atoms with Crippen LogP contribution in [0.1, 0.15) is 66.1 Å². The first-order chi connectivity index (χ1) is 17.7. The van der Waals surface area contributed by atoms with Crippen LogP contribution in [0.3, 0.4) is 0 Å². The van der Waals surface area contributed by atoms with Gasteiger partial charge in [0.25, 0.3) is 5.91 Å². The van der Waals surface area contributed by atoms with Crippen molar-refractivity contribution < 1.29 is 27.2 Å². The fourth-order valence-corrected chi connectivity index (χ4v) is 6.35. The number of likely N-dealkylation sites (tertiary alicyclic amines) is 1. The number of pyridine rings is 1. The Bertz CT molecular complexity index is 1130. The van der Waals surface area contributed by atoms with Crippen molar-refractivity contribution in [2.45, 2.75) is 68.7 Å². The highest BCUT2D eigenvalue weighted by molar-refractivity contribution is 5.96. The number of amides is 2. The van der Waals surface area contributed by atoms with Crippen molar-refractivity contribution in [3.05, 3.63) is 65.2 Å². The molecule has 1 saturated carbocycles. The van der Waals surface area contributed by atoms with Crippen LogP contribution in [0.4, 0.5) is 17.6 Å². The predicted octanol–water partition coefficient (Wildman–Crippen LogP) is 4.27. The molecule has 2 N–H and O–H groups in total. The molecule has 6 nitrogen and oxygen atoms in total. The van der Waals surface area contributed by atoms with Gasteiger partial charge in [0.05, 0.1) is 18.3 Å². The second-order valence-corrected chi connectivity index (χ2v) is 10.3. The lowest BCUT2D eigenvalue weighted by Gasteiger charge is -2.38. The van der Waals surface area contributed by atoms with Crippen molar-refractivity contribution >= 4 is 11.8 Å². The molecule has 5 rings (SSSR count). The van der Waals surface area contributed by atoms with Gasteiger partial charge in [0, 0.05) is 35.3 Å². The number of fused-ring (bicyclic) bond motifs is 1. The number of hydrogen-bond acceptors (Lipinski definition) is 4. The molecular formula is C27H30F4N4O2. The van der Waals surface area contributed by atoms with E-state index >= 15 is 0 Å². The molecule has 3 atom stereocenters. The average Bonchev–Trinajstić information content (AvgIpc) is 3.49. The quantitative estimate of drug-likeness (QED) is 0.580. The van der Waals surface area contributed by atoms with Gasteiger partial charge in [-0.1, -0.05) is 6.07 Å². The molecule has 3 aliphatic rings. The predicted molar refractivity (Wildman–Crippen MR) is 128 cm³/mol. The van der Waals surface area contributed by atoms with E-state index in [-0.39, 0.29) is 47.9 Å². The number of carbonyl (C=O) groups excluding carboxylic acids is 2. The maximum Gasteiger partial charge on any atom is 0.416 e. The smallest absolute Gasteiger partial charge is 0.343 e. The first kappa shape index (κ1) is 25.6. The molecule has 1 aromatic carbocycles. The van der Waals surface area contributed by atoms with Crippen LogP contribution in [0, 0.1) is 11.7 Å². The molecule has 0 bridgehead atoms. The van der Waals surface area contributed by atoms with E-state index in [9.17, 15) is 27.2 Å². The third kappa shape index (κ3) is 5.49. The first-order valence-electron chi connectivity index (χ1n) is 12.8. The highest BCUT2D eigenvalue weighted by Crippen LogP contribution is 2.43. The lowest BCUT2D eigenvalue weighted by molar-refractivity contribution is -0.137. The number of aromatic nitrogens is 1. The zero-order chi connectivity index (χ0) is 26.2. The highest BCUT2D eigenvalue weighted by Gasteiger charge is 2.48. The summed E-state index contributed by atoms with van der Waals surface area (Å²) < 4.78 is 52.3. The molecule has 3 fully saturated rings. The average molecular weight is 519 g/mol. The van der Waals surface area contributed by atoms with Crippen LogP contribution in [-0.2, 0) is 11.0 Å². The van der Waals surface area contributed by atoms with Crippen LogP contribution in [-0.4, -0.2) is 52.9 Å². The highest BCUT2D eigenvalue weighted by atomic mass is 19.4.